The molecule has 0 spiro atoms. The van der Waals surface area contributed by atoms with Gasteiger partial charge in [-0.2, -0.15) is 0 Å². The number of carboxylic acid groups (broad SMARTS) is 1. The molecule has 0 saturated carbocycles. The smallest absolute Gasteiger partial charge is 0.322 e. The Hall–Kier alpha value is -1.39. The SMILES string of the molecule is CNC(CN(C)Cc1c(C)cc(C)cc1C)C(=O)O. The van der Waals surface area contributed by atoms with Crippen LogP contribution >= 0.6 is 0 Å². The Balaban J connectivity index is 2.77. The number of nitrogens with zero attached hydrogens (tertiary/aromatic N) is 1. The van der Waals surface area contributed by atoms with Gasteiger partial charge in [0.15, 0.2) is 0 Å². The van der Waals surface area contributed by atoms with E-state index in [0.29, 0.717) is 6.54 Å². The summed E-state index contributed by atoms with van der Waals surface area (Å²) in [7, 11) is 3.63. The first kappa shape index (κ1) is 15.7. The molecule has 0 saturated heterocycles. The molecule has 1 rings (SSSR count). The van der Waals surface area contributed by atoms with Crippen molar-refractivity contribution in [1.82, 2.24) is 10.2 Å². The van der Waals surface area contributed by atoms with E-state index in [1.54, 1.807) is 7.05 Å². The van der Waals surface area contributed by atoms with Crippen molar-refractivity contribution in [1.29, 1.82) is 0 Å². The first-order valence-corrected chi connectivity index (χ1v) is 6.50. The molecule has 2 N–H and O–H groups in total. The highest BCUT2D eigenvalue weighted by Crippen LogP contribution is 2.17. The van der Waals surface area contributed by atoms with Gasteiger partial charge in [0, 0.05) is 13.1 Å². The van der Waals surface area contributed by atoms with Gasteiger partial charge in [-0.25, -0.2) is 0 Å². The summed E-state index contributed by atoms with van der Waals surface area (Å²) in [5.74, 6) is -0.813. The Morgan fingerprint density at radius 1 is 1.32 bits per heavy atom. The number of aryl methyl sites for hydroxylation is 3. The molecule has 0 heterocycles. The van der Waals surface area contributed by atoms with Crippen molar-refractivity contribution < 1.29 is 9.90 Å². The molecule has 1 aromatic carbocycles. The lowest BCUT2D eigenvalue weighted by atomic mass is 9.99. The summed E-state index contributed by atoms with van der Waals surface area (Å²) in [5.41, 5.74) is 5.08. The van der Waals surface area contributed by atoms with Crippen LogP contribution in [0.2, 0.25) is 0 Å². The van der Waals surface area contributed by atoms with Crippen LogP contribution in [0.1, 0.15) is 22.3 Å². The summed E-state index contributed by atoms with van der Waals surface area (Å²) in [6.07, 6.45) is 0. The van der Waals surface area contributed by atoms with E-state index in [1.165, 1.54) is 22.3 Å². The van der Waals surface area contributed by atoms with Crippen LogP contribution in [0.5, 0.6) is 0 Å². The normalized spacial score (nSPS) is 12.7. The largest absolute Gasteiger partial charge is 0.480 e. The molecule has 0 fully saturated rings. The number of likely N-dealkylation sites (N-methyl/N-ethyl adjacent to an activating group) is 2. The lowest BCUT2D eigenvalue weighted by Crippen LogP contribution is -2.43. The zero-order valence-electron chi connectivity index (χ0n) is 12.4. The fourth-order valence-electron chi connectivity index (χ4n) is 2.40. The standard InChI is InChI=1S/C15H24N2O2/c1-10-6-11(2)13(12(3)7-10)8-17(5)9-14(16-4)15(18)19/h6-7,14,16H,8-9H2,1-5H3,(H,18,19). The number of nitrogens with one attached hydrogen (secondary N) is 1. The lowest BCUT2D eigenvalue weighted by molar-refractivity contribution is -0.139. The molecule has 4 heteroatoms. The summed E-state index contributed by atoms with van der Waals surface area (Å²) in [4.78, 5) is 13.0. The minimum absolute atomic E-state index is 0.485. The molecule has 0 aliphatic heterocycles. The third-order valence-electron chi connectivity index (χ3n) is 3.41. The monoisotopic (exact) mass is 264 g/mol. The first-order chi connectivity index (χ1) is 8.85. The third-order valence-corrected chi connectivity index (χ3v) is 3.41. The van der Waals surface area contributed by atoms with Crippen molar-refractivity contribution in [2.45, 2.75) is 33.4 Å². The van der Waals surface area contributed by atoms with Crippen LogP contribution in [0, 0.1) is 20.8 Å². The van der Waals surface area contributed by atoms with Crippen LogP contribution in [0.15, 0.2) is 12.1 Å². The van der Waals surface area contributed by atoms with Crippen molar-refractivity contribution in [3.05, 3.63) is 34.4 Å². The number of aliphatic carboxylic acids is 1. The van der Waals surface area contributed by atoms with Crippen LogP contribution in [0.3, 0.4) is 0 Å². The van der Waals surface area contributed by atoms with Gasteiger partial charge >= 0.3 is 5.97 Å². The number of benzene rings is 1. The second-order valence-corrected chi connectivity index (χ2v) is 5.25. The highest BCUT2D eigenvalue weighted by molar-refractivity contribution is 5.73. The van der Waals surface area contributed by atoms with Crippen LogP contribution in [-0.2, 0) is 11.3 Å². The van der Waals surface area contributed by atoms with E-state index < -0.39 is 12.0 Å². The molecule has 0 amide bonds. The van der Waals surface area contributed by atoms with Crippen LogP contribution in [0.25, 0.3) is 0 Å². The number of hydrogen-bond donors (Lipinski definition) is 2. The Morgan fingerprint density at radius 2 is 1.84 bits per heavy atom. The zero-order valence-corrected chi connectivity index (χ0v) is 12.4. The lowest BCUT2D eigenvalue weighted by Gasteiger charge is -2.23. The fraction of sp³-hybridized carbons (Fsp3) is 0.533. The highest BCUT2D eigenvalue weighted by atomic mass is 16.4. The predicted octanol–water partition coefficient (Wildman–Crippen LogP) is 1.72. The van der Waals surface area contributed by atoms with Gasteiger partial charge in [0.25, 0.3) is 0 Å². The van der Waals surface area contributed by atoms with E-state index in [0.717, 1.165) is 6.54 Å². The van der Waals surface area contributed by atoms with Gasteiger partial charge in [-0.15, -0.1) is 0 Å². The average molecular weight is 264 g/mol. The van der Waals surface area contributed by atoms with Crippen molar-refractivity contribution in [2.75, 3.05) is 20.6 Å². The highest BCUT2D eigenvalue weighted by Gasteiger charge is 2.17. The molecule has 0 radical (unpaired) electrons. The number of carbonyl (C=O) groups is 1. The van der Waals surface area contributed by atoms with Gasteiger partial charge in [-0.3, -0.25) is 9.69 Å². The van der Waals surface area contributed by atoms with Crippen LogP contribution < -0.4 is 5.32 Å². The van der Waals surface area contributed by atoms with E-state index in [2.05, 4.69) is 38.2 Å². The molecule has 1 aromatic rings. The Morgan fingerprint density at radius 3 is 2.26 bits per heavy atom. The molecule has 0 bridgehead atoms. The molecular weight excluding hydrogens is 240 g/mol. The Bertz CT molecular complexity index is 434. The van der Waals surface area contributed by atoms with Crippen molar-refractivity contribution in [3.8, 4) is 0 Å². The van der Waals surface area contributed by atoms with Gasteiger partial charge in [0.2, 0.25) is 0 Å². The molecule has 19 heavy (non-hydrogen) atoms. The number of rotatable bonds is 6. The van der Waals surface area contributed by atoms with E-state index in [4.69, 9.17) is 5.11 Å². The minimum Gasteiger partial charge on any atom is -0.480 e. The van der Waals surface area contributed by atoms with Crippen molar-refractivity contribution in [2.24, 2.45) is 0 Å². The molecule has 1 atom stereocenters. The quantitative estimate of drug-likeness (QED) is 0.821. The van der Waals surface area contributed by atoms with Gasteiger partial charge in [-0.1, -0.05) is 17.7 Å². The third kappa shape index (κ3) is 4.33. The molecule has 1 unspecified atom stereocenters. The fourth-order valence-corrected chi connectivity index (χ4v) is 2.40. The second kappa shape index (κ2) is 6.68. The first-order valence-electron chi connectivity index (χ1n) is 6.50. The van der Waals surface area contributed by atoms with Gasteiger partial charge < -0.3 is 10.4 Å². The average Bonchev–Trinajstić information content (AvgIpc) is 2.30. The second-order valence-electron chi connectivity index (χ2n) is 5.25. The Kier molecular flexibility index (Phi) is 5.51. The van der Waals surface area contributed by atoms with Crippen LogP contribution in [0.4, 0.5) is 0 Å². The predicted molar refractivity (Wildman–Crippen MR) is 77.5 cm³/mol. The van der Waals surface area contributed by atoms with E-state index in [1.807, 2.05) is 11.9 Å². The van der Waals surface area contributed by atoms with Gasteiger partial charge in [-0.05, 0) is 51.6 Å². The maximum Gasteiger partial charge on any atom is 0.322 e. The number of carboxylic acids is 1. The zero-order chi connectivity index (χ0) is 14.6. The minimum atomic E-state index is -0.813. The summed E-state index contributed by atoms with van der Waals surface area (Å²) in [5, 5.41) is 11.9. The summed E-state index contributed by atoms with van der Waals surface area (Å²) >= 11 is 0. The maximum atomic E-state index is 11.0. The molecule has 0 aromatic heterocycles. The summed E-state index contributed by atoms with van der Waals surface area (Å²) in [6.45, 7) is 7.56. The molecule has 0 aliphatic rings. The van der Waals surface area contributed by atoms with E-state index >= 15 is 0 Å². The van der Waals surface area contributed by atoms with E-state index in [-0.39, 0.29) is 0 Å². The van der Waals surface area contributed by atoms with E-state index in [9.17, 15) is 4.79 Å². The Labute approximate surface area is 115 Å². The molecule has 4 nitrogen and oxygen atoms in total. The molecule has 0 aliphatic carbocycles. The van der Waals surface area contributed by atoms with Crippen LogP contribution in [-0.4, -0.2) is 42.7 Å². The molecular formula is C15H24N2O2. The summed E-state index contributed by atoms with van der Waals surface area (Å²) in [6, 6.07) is 3.81. The number of hydrogen-bond acceptors (Lipinski definition) is 3. The van der Waals surface area contributed by atoms with Crippen molar-refractivity contribution in [3.63, 3.8) is 0 Å². The van der Waals surface area contributed by atoms with Gasteiger partial charge in [0.1, 0.15) is 6.04 Å². The van der Waals surface area contributed by atoms with Crippen molar-refractivity contribution >= 4 is 5.97 Å². The summed E-state index contributed by atoms with van der Waals surface area (Å²) < 4.78 is 0. The molecule has 106 valence electrons. The maximum absolute atomic E-state index is 11.0. The topological polar surface area (TPSA) is 52.6 Å². The van der Waals surface area contributed by atoms with Gasteiger partial charge in [0.05, 0.1) is 0 Å².